The minimum Gasteiger partial charge on any atom is -0.473 e. The van der Waals surface area contributed by atoms with Gasteiger partial charge in [0.1, 0.15) is 12.4 Å². The third kappa shape index (κ3) is 7.29. The summed E-state index contributed by atoms with van der Waals surface area (Å²) >= 11 is 4.43. The Hall–Kier alpha value is -3.67. The highest BCUT2D eigenvalue weighted by Gasteiger charge is 2.24. The Morgan fingerprint density at radius 1 is 1.23 bits per heavy atom. The van der Waals surface area contributed by atoms with Gasteiger partial charge < -0.3 is 9.64 Å². The van der Waals surface area contributed by atoms with Gasteiger partial charge in [-0.25, -0.2) is 9.37 Å². The minimum absolute atomic E-state index is 0.0917. The van der Waals surface area contributed by atoms with Gasteiger partial charge in [0.2, 0.25) is 5.88 Å². The molecule has 1 aliphatic rings. The van der Waals surface area contributed by atoms with Gasteiger partial charge in [0.25, 0.3) is 0 Å². The molecule has 0 saturated carbocycles. The van der Waals surface area contributed by atoms with E-state index in [9.17, 15) is 9.18 Å². The lowest BCUT2D eigenvalue weighted by molar-refractivity contribution is 0.101. The van der Waals surface area contributed by atoms with Crippen LogP contribution in [0.25, 0.3) is 0 Å². The Morgan fingerprint density at radius 3 is 2.60 bits per heavy atom. The monoisotopic (exact) mass is 558 g/mol. The zero-order valence-electron chi connectivity index (χ0n) is 23.1. The molecule has 0 N–H and O–H groups in total. The number of thiol groups is 1. The Kier molecular flexibility index (Phi) is 9.97. The topological polar surface area (TPSA) is 69.5 Å². The Labute approximate surface area is 241 Å². The molecule has 8 heteroatoms. The largest absolute Gasteiger partial charge is 0.473 e. The third-order valence-electron chi connectivity index (χ3n) is 7.29. The summed E-state index contributed by atoms with van der Waals surface area (Å²) in [6.45, 7) is 11.1. The van der Waals surface area contributed by atoms with Crippen LogP contribution < -0.4 is 9.64 Å². The number of halogens is 1. The standard InChI is InChI=1S/C32H35FN4O2S/c1-22-17-29(33)28(24(3)38)18-31(22)37(15-16-40)23(2)20-36-13-11-27(12-14-36)30-5-4-6-32(35-30)39-21-26-9-7-25(19-34)8-10-26/h4-10,17-18,27,40H,2,11-16,20-21H2,1,3H3. The molecular weight excluding hydrogens is 523 g/mol. The van der Waals surface area contributed by atoms with Gasteiger partial charge in [-0.05, 0) is 81.2 Å². The number of nitrogens with zero attached hydrogens (tertiary/aromatic N) is 4. The molecular formula is C32H35FN4O2S. The molecule has 0 radical (unpaired) electrons. The molecule has 40 heavy (non-hydrogen) atoms. The molecule has 2 heterocycles. The Bertz CT molecular complexity index is 1400. The van der Waals surface area contributed by atoms with Crippen LogP contribution in [-0.4, -0.2) is 47.6 Å². The number of aromatic nitrogens is 1. The van der Waals surface area contributed by atoms with Crippen molar-refractivity contribution in [3.8, 4) is 11.9 Å². The van der Waals surface area contributed by atoms with E-state index in [2.05, 4.69) is 41.1 Å². The van der Waals surface area contributed by atoms with Gasteiger partial charge in [-0.1, -0.05) is 24.8 Å². The number of nitriles is 1. The molecule has 0 amide bonds. The summed E-state index contributed by atoms with van der Waals surface area (Å²) in [5, 5.41) is 8.96. The van der Waals surface area contributed by atoms with Crippen molar-refractivity contribution in [2.45, 2.75) is 39.2 Å². The molecule has 3 aromatic rings. The molecule has 208 valence electrons. The van der Waals surface area contributed by atoms with Crippen molar-refractivity contribution in [2.75, 3.05) is 36.8 Å². The molecule has 0 aliphatic carbocycles. The van der Waals surface area contributed by atoms with Crippen LogP contribution in [0.15, 0.2) is 66.9 Å². The number of piperidine rings is 1. The Balaban J connectivity index is 1.35. The summed E-state index contributed by atoms with van der Waals surface area (Å²) in [7, 11) is 0. The maximum absolute atomic E-state index is 14.3. The van der Waals surface area contributed by atoms with E-state index in [-0.39, 0.29) is 11.3 Å². The lowest BCUT2D eigenvalue weighted by Gasteiger charge is -2.35. The minimum atomic E-state index is -0.496. The molecule has 0 atom stereocenters. The van der Waals surface area contributed by atoms with Crippen LogP contribution in [0, 0.1) is 24.1 Å². The van der Waals surface area contributed by atoms with Crippen molar-refractivity contribution < 1.29 is 13.9 Å². The highest BCUT2D eigenvalue weighted by atomic mass is 32.1. The first-order valence-electron chi connectivity index (χ1n) is 13.5. The quantitative estimate of drug-likeness (QED) is 0.220. The first-order valence-corrected chi connectivity index (χ1v) is 14.1. The van der Waals surface area contributed by atoms with E-state index < -0.39 is 5.82 Å². The second kappa shape index (κ2) is 13.6. The summed E-state index contributed by atoms with van der Waals surface area (Å²) in [4.78, 5) is 21.2. The van der Waals surface area contributed by atoms with Gasteiger partial charge in [0, 0.05) is 47.9 Å². The molecule has 1 saturated heterocycles. The Morgan fingerprint density at radius 2 is 1.95 bits per heavy atom. The summed E-state index contributed by atoms with van der Waals surface area (Å²) in [5.41, 5.74) is 5.19. The van der Waals surface area contributed by atoms with Crippen molar-refractivity contribution in [2.24, 2.45) is 0 Å². The van der Waals surface area contributed by atoms with E-state index in [1.807, 2.05) is 31.2 Å². The number of pyridine rings is 1. The molecule has 0 unspecified atom stereocenters. The summed E-state index contributed by atoms with van der Waals surface area (Å²) < 4.78 is 20.3. The normalized spacial score (nSPS) is 14.0. The van der Waals surface area contributed by atoms with Crippen LogP contribution in [0.1, 0.15) is 58.4 Å². The van der Waals surface area contributed by atoms with Crippen molar-refractivity contribution in [3.05, 3.63) is 101 Å². The number of Topliss-reactive ketones (excluding diaryl/α,β-unsaturated/α-hetero) is 1. The molecule has 1 fully saturated rings. The van der Waals surface area contributed by atoms with Crippen LogP contribution in [0.5, 0.6) is 5.88 Å². The van der Waals surface area contributed by atoms with Crippen molar-refractivity contribution in [3.63, 3.8) is 0 Å². The SMILES string of the molecule is C=C(CN1CCC(c2cccc(OCc3ccc(C#N)cc3)n2)CC1)N(CCS)c1cc(C(C)=O)c(F)cc1C. The zero-order valence-corrected chi connectivity index (χ0v) is 24.0. The van der Waals surface area contributed by atoms with E-state index in [1.165, 1.54) is 13.0 Å². The fraction of sp³-hybridized carbons (Fsp3) is 0.344. The van der Waals surface area contributed by atoms with Gasteiger partial charge in [0.05, 0.1) is 17.2 Å². The highest BCUT2D eigenvalue weighted by Crippen LogP contribution is 2.31. The van der Waals surface area contributed by atoms with Crippen LogP contribution >= 0.6 is 12.6 Å². The summed E-state index contributed by atoms with van der Waals surface area (Å²) in [6.07, 6.45) is 1.94. The number of ketones is 1. The number of hydrogen-bond acceptors (Lipinski definition) is 7. The van der Waals surface area contributed by atoms with Gasteiger partial charge in [-0.2, -0.15) is 17.9 Å². The number of benzene rings is 2. The van der Waals surface area contributed by atoms with Gasteiger partial charge >= 0.3 is 0 Å². The number of likely N-dealkylation sites (tertiary alicyclic amines) is 1. The average molecular weight is 559 g/mol. The van der Waals surface area contributed by atoms with E-state index in [0.717, 1.165) is 54.1 Å². The molecule has 0 bridgehead atoms. The molecule has 2 aromatic carbocycles. The maximum Gasteiger partial charge on any atom is 0.213 e. The summed E-state index contributed by atoms with van der Waals surface area (Å²) in [5.74, 6) is 0.746. The number of aryl methyl sites for hydroxylation is 1. The van der Waals surface area contributed by atoms with E-state index >= 15 is 0 Å². The smallest absolute Gasteiger partial charge is 0.213 e. The second-order valence-electron chi connectivity index (χ2n) is 10.2. The first kappa shape index (κ1) is 29.3. The lowest BCUT2D eigenvalue weighted by atomic mass is 9.93. The van der Waals surface area contributed by atoms with E-state index in [1.54, 1.807) is 18.2 Å². The fourth-order valence-corrected chi connectivity index (χ4v) is 5.27. The molecule has 0 spiro atoms. The third-order valence-corrected chi connectivity index (χ3v) is 7.49. The number of anilines is 1. The number of hydrogen-bond donors (Lipinski definition) is 1. The van der Waals surface area contributed by atoms with Crippen LogP contribution in [-0.2, 0) is 6.61 Å². The van der Waals surface area contributed by atoms with E-state index in [4.69, 9.17) is 15.0 Å². The van der Waals surface area contributed by atoms with Crippen LogP contribution in [0.3, 0.4) is 0 Å². The average Bonchev–Trinajstić information content (AvgIpc) is 2.96. The predicted octanol–water partition coefficient (Wildman–Crippen LogP) is 6.31. The van der Waals surface area contributed by atoms with Crippen molar-refractivity contribution in [1.29, 1.82) is 5.26 Å². The van der Waals surface area contributed by atoms with Crippen molar-refractivity contribution in [1.82, 2.24) is 9.88 Å². The van der Waals surface area contributed by atoms with Gasteiger partial charge in [-0.3, -0.25) is 9.69 Å². The number of carbonyl (C=O) groups is 1. The van der Waals surface area contributed by atoms with E-state index in [0.29, 0.717) is 42.8 Å². The lowest BCUT2D eigenvalue weighted by Crippen LogP contribution is -2.38. The molecule has 1 aromatic heterocycles. The number of carbonyl (C=O) groups excluding carboxylic acids is 1. The van der Waals surface area contributed by atoms with Crippen LogP contribution in [0.4, 0.5) is 10.1 Å². The second-order valence-corrected chi connectivity index (χ2v) is 10.6. The van der Waals surface area contributed by atoms with Crippen molar-refractivity contribution >= 4 is 24.1 Å². The zero-order chi connectivity index (χ0) is 28.6. The van der Waals surface area contributed by atoms with Crippen LogP contribution in [0.2, 0.25) is 0 Å². The van der Waals surface area contributed by atoms with Gasteiger partial charge in [0.15, 0.2) is 5.78 Å². The predicted molar refractivity (Wildman–Crippen MR) is 160 cm³/mol. The first-order chi connectivity index (χ1) is 19.3. The van der Waals surface area contributed by atoms with Gasteiger partial charge in [-0.15, -0.1) is 0 Å². The molecule has 1 aliphatic heterocycles. The fourth-order valence-electron chi connectivity index (χ4n) is 5.07. The maximum atomic E-state index is 14.3. The number of ether oxygens (including phenoxy) is 1. The highest BCUT2D eigenvalue weighted by molar-refractivity contribution is 7.80. The molecule has 4 rings (SSSR count). The summed E-state index contributed by atoms with van der Waals surface area (Å²) in [6, 6.07) is 18.5. The number of rotatable bonds is 11. The molecule has 6 nitrogen and oxygen atoms in total.